The Labute approximate surface area is 155 Å². The Morgan fingerprint density at radius 2 is 1.85 bits per heavy atom. The zero-order valence-corrected chi connectivity index (χ0v) is 14.6. The Hall–Kier alpha value is -3.61. The molecule has 1 aliphatic rings. The van der Waals surface area contributed by atoms with Gasteiger partial charge in [0, 0.05) is 12.1 Å². The molecule has 0 unspecified atom stereocenters. The van der Waals surface area contributed by atoms with Gasteiger partial charge in [-0.25, -0.2) is 4.79 Å². The quantitative estimate of drug-likeness (QED) is 0.618. The van der Waals surface area contributed by atoms with E-state index in [0.717, 1.165) is 10.5 Å². The molecule has 2 aromatic rings. The molecule has 2 aromatic carbocycles. The van der Waals surface area contributed by atoms with Crippen LogP contribution in [0.1, 0.15) is 28.4 Å². The van der Waals surface area contributed by atoms with Crippen LogP contribution in [0.25, 0.3) is 6.08 Å². The van der Waals surface area contributed by atoms with Crippen LogP contribution in [0, 0.1) is 0 Å². The molecule has 0 aromatic heterocycles. The zero-order valence-electron chi connectivity index (χ0n) is 14.6. The predicted octanol–water partition coefficient (Wildman–Crippen LogP) is 1.54. The summed E-state index contributed by atoms with van der Waals surface area (Å²) in [5.41, 5.74) is 1.71. The van der Waals surface area contributed by atoms with E-state index in [1.54, 1.807) is 49.4 Å². The van der Waals surface area contributed by atoms with Crippen molar-refractivity contribution in [3.05, 3.63) is 70.9 Å². The van der Waals surface area contributed by atoms with Crippen molar-refractivity contribution in [3.8, 4) is 5.75 Å². The van der Waals surface area contributed by atoms with Crippen LogP contribution in [0.15, 0.2) is 54.2 Å². The number of nitrogens with zero attached hydrogens (tertiary/aromatic N) is 1. The van der Waals surface area contributed by atoms with Crippen molar-refractivity contribution >= 4 is 24.0 Å². The van der Waals surface area contributed by atoms with Gasteiger partial charge >= 0.3 is 6.03 Å². The van der Waals surface area contributed by atoms with Gasteiger partial charge < -0.3 is 20.0 Å². The number of urea groups is 1. The molecule has 1 saturated heterocycles. The second-order valence-corrected chi connectivity index (χ2v) is 5.85. The zero-order chi connectivity index (χ0) is 19.4. The van der Waals surface area contributed by atoms with E-state index >= 15 is 0 Å². The Balaban J connectivity index is 1.76. The molecule has 0 spiro atoms. The number of hydrogen-bond donors (Lipinski definition) is 1. The summed E-state index contributed by atoms with van der Waals surface area (Å²) in [5.74, 6) is -1.08. The molecule has 7 heteroatoms. The third-order valence-electron chi connectivity index (χ3n) is 4.08. The Bertz CT molecular complexity index is 918. The number of imide groups is 1. The van der Waals surface area contributed by atoms with Crippen LogP contribution in [0.5, 0.6) is 5.75 Å². The van der Waals surface area contributed by atoms with Crippen LogP contribution < -0.4 is 15.2 Å². The monoisotopic (exact) mass is 365 g/mol. The maximum Gasteiger partial charge on any atom is 0.328 e. The van der Waals surface area contributed by atoms with E-state index in [0.29, 0.717) is 17.9 Å². The van der Waals surface area contributed by atoms with Crippen LogP contribution in [-0.2, 0) is 11.4 Å². The third kappa shape index (κ3) is 3.98. The topological polar surface area (TPSA) is 98.8 Å². The second-order valence-electron chi connectivity index (χ2n) is 5.85. The molecule has 0 atom stereocenters. The van der Waals surface area contributed by atoms with Gasteiger partial charge in [0.15, 0.2) is 0 Å². The summed E-state index contributed by atoms with van der Waals surface area (Å²) in [6.45, 7) is 2.24. The molecule has 3 amide bonds. The summed E-state index contributed by atoms with van der Waals surface area (Å²) in [5, 5.41) is 13.3. The number of carbonyl (C=O) groups excluding carboxylic acids is 3. The number of carboxylic acid groups (broad SMARTS) is 1. The van der Waals surface area contributed by atoms with Crippen molar-refractivity contribution in [1.29, 1.82) is 0 Å². The molecule has 1 heterocycles. The van der Waals surface area contributed by atoms with Crippen LogP contribution in [0.4, 0.5) is 4.79 Å². The Morgan fingerprint density at radius 1 is 1.15 bits per heavy atom. The average Bonchev–Trinajstić information content (AvgIpc) is 2.94. The highest BCUT2D eigenvalue weighted by molar-refractivity contribution is 6.14. The SMILES string of the molecule is CCN1C(=O)NC(=Cc2ccccc2OCc2ccc(C(=O)[O-])cc2)C1=O. The van der Waals surface area contributed by atoms with E-state index < -0.39 is 12.0 Å². The minimum absolute atomic E-state index is 0.0971. The predicted molar refractivity (Wildman–Crippen MR) is 95.4 cm³/mol. The lowest BCUT2D eigenvalue weighted by molar-refractivity contribution is -0.255. The van der Waals surface area contributed by atoms with Crippen LogP contribution in [0.3, 0.4) is 0 Å². The molecular formula is C20H17N2O5-. The summed E-state index contributed by atoms with van der Waals surface area (Å²) >= 11 is 0. The molecule has 0 bridgehead atoms. The van der Waals surface area contributed by atoms with Gasteiger partial charge in [-0.3, -0.25) is 9.69 Å². The van der Waals surface area contributed by atoms with E-state index in [9.17, 15) is 19.5 Å². The fourth-order valence-electron chi connectivity index (χ4n) is 2.64. The number of rotatable bonds is 6. The summed E-state index contributed by atoms with van der Waals surface area (Å²) < 4.78 is 5.80. The molecule has 1 aliphatic heterocycles. The minimum atomic E-state index is -1.23. The first-order valence-corrected chi connectivity index (χ1v) is 8.36. The standard InChI is InChI=1S/C20H18N2O5/c1-2-22-18(23)16(21-20(22)26)11-15-5-3-4-6-17(15)27-12-13-7-9-14(10-8-13)19(24)25/h3-11H,2,12H2,1H3,(H,21,26)(H,24,25)/p-1. The molecule has 1 fully saturated rings. The Morgan fingerprint density at radius 3 is 2.48 bits per heavy atom. The highest BCUT2D eigenvalue weighted by Crippen LogP contribution is 2.23. The fourth-order valence-corrected chi connectivity index (χ4v) is 2.64. The van der Waals surface area contributed by atoms with Crippen molar-refractivity contribution in [1.82, 2.24) is 10.2 Å². The number of amides is 3. The molecular weight excluding hydrogens is 348 g/mol. The van der Waals surface area contributed by atoms with Crippen LogP contribution >= 0.6 is 0 Å². The lowest BCUT2D eigenvalue weighted by atomic mass is 10.1. The summed E-state index contributed by atoms with van der Waals surface area (Å²) in [6.07, 6.45) is 1.57. The molecule has 0 aliphatic carbocycles. The highest BCUT2D eigenvalue weighted by Gasteiger charge is 2.32. The van der Waals surface area contributed by atoms with Gasteiger partial charge in [0.05, 0.1) is 5.97 Å². The first-order chi connectivity index (χ1) is 13.0. The molecule has 3 rings (SSSR count). The first-order valence-electron chi connectivity index (χ1n) is 8.36. The van der Waals surface area contributed by atoms with E-state index in [-0.39, 0.29) is 23.8 Å². The number of ether oxygens (including phenoxy) is 1. The number of aromatic carboxylic acids is 1. The van der Waals surface area contributed by atoms with Crippen molar-refractivity contribution in [2.45, 2.75) is 13.5 Å². The van der Waals surface area contributed by atoms with Gasteiger partial charge in [-0.05, 0) is 30.2 Å². The average molecular weight is 365 g/mol. The van der Waals surface area contributed by atoms with E-state index in [1.807, 2.05) is 0 Å². The number of hydrogen-bond acceptors (Lipinski definition) is 5. The van der Waals surface area contributed by atoms with E-state index in [1.165, 1.54) is 12.1 Å². The van der Waals surface area contributed by atoms with E-state index in [4.69, 9.17) is 4.74 Å². The minimum Gasteiger partial charge on any atom is -0.545 e. The van der Waals surface area contributed by atoms with Gasteiger partial charge in [-0.1, -0.05) is 42.5 Å². The number of carboxylic acids is 1. The molecule has 0 saturated carbocycles. The van der Waals surface area contributed by atoms with Gasteiger partial charge in [-0.15, -0.1) is 0 Å². The third-order valence-corrected chi connectivity index (χ3v) is 4.08. The summed E-state index contributed by atoms with van der Waals surface area (Å²) in [4.78, 5) is 35.9. The lowest BCUT2D eigenvalue weighted by Gasteiger charge is -2.10. The van der Waals surface area contributed by atoms with Crippen molar-refractivity contribution in [3.63, 3.8) is 0 Å². The first kappa shape index (κ1) is 18.2. The summed E-state index contributed by atoms with van der Waals surface area (Å²) in [6, 6.07) is 12.9. The fraction of sp³-hybridized carbons (Fsp3) is 0.150. The number of para-hydroxylation sites is 1. The van der Waals surface area contributed by atoms with Crippen LogP contribution in [-0.4, -0.2) is 29.4 Å². The van der Waals surface area contributed by atoms with Gasteiger partial charge in [0.1, 0.15) is 18.1 Å². The largest absolute Gasteiger partial charge is 0.545 e. The van der Waals surface area contributed by atoms with Crippen LogP contribution in [0.2, 0.25) is 0 Å². The second kappa shape index (κ2) is 7.74. The molecule has 1 N–H and O–H groups in total. The Kier molecular flexibility index (Phi) is 5.21. The number of likely N-dealkylation sites (N-methyl/N-ethyl adjacent to an activating group) is 1. The lowest BCUT2D eigenvalue weighted by Crippen LogP contribution is -2.30. The highest BCUT2D eigenvalue weighted by atomic mass is 16.5. The number of carbonyl (C=O) groups is 3. The molecule has 0 radical (unpaired) electrons. The van der Waals surface area contributed by atoms with Crippen molar-refractivity contribution in [2.24, 2.45) is 0 Å². The van der Waals surface area contributed by atoms with Crippen molar-refractivity contribution < 1.29 is 24.2 Å². The normalized spacial score (nSPS) is 15.1. The van der Waals surface area contributed by atoms with Gasteiger partial charge in [-0.2, -0.15) is 0 Å². The van der Waals surface area contributed by atoms with E-state index in [2.05, 4.69) is 5.32 Å². The van der Waals surface area contributed by atoms with Crippen molar-refractivity contribution in [2.75, 3.05) is 6.54 Å². The summed E-state index contributed by atoms with van der Waals surface area (Å²) in [7, 11) is 0. The van der Waals surface area contributed by atoms with Gasteiger partial charge in [0.2, 0.25) is 0 Å². The van der Waals surface area contributed by atoms with Gasteiger partial charge in [0.25, 0.3) is 5.91 Å². The molecule has 138 valence electrons. The molecule has 7 nitrogen and oxygen atoms in total. The maximum atomic E-state index is 12.2. The molecule has 27 heavy (non-hydrogen) atoms. The number of nitrogens with one attached hydrogen (secondary N) is 1. The maximum absolute atomic E-state index is 12.2. The smallest absolute Gasteiger partial charge is 0.328 e. The number of benzene rings is 2.